The van der Waals surface area contributed by atoms with Crippen molar-refractivity contribution in [1.82, 2.24) is 14.5 Å². The maximum Gasteiger partial charge on any atom is 0.160 e. The van der Waals surface area contributed by atoms with Crippen molar-refractivity contribution < 1.29 is 9.47 Å². The lowest BCUT2D eigenvalue weighted by molar-refractivity contribution is 0.187. The third-order valence-electron chi connectivity index (χ3n) is 4.05. The van der Waals surface area contributed by atoms with E-state index in [2.05, 4.69) is 15.6 Å². The summed E-state index contributed by atoms with van der Waals surface area (Å²) < 4.78 is 13.1. The van der Waals surface area contributed by atoms with Crippen LogP contribution in [0.3, 0.4) is 0 Å². The summed E-state index contributed by atoms with van der Waals surface area (Å²) in [6.07, 6.45) is 2.80. The maximum atomic E-state index is 5.56. The Hall–Kier alpha value is -2.40. The van der Waals surface area contributed by atoms with Crippen LogP contribution in [0.4, 0.5) is 0 Å². The summed E-state index contributed by atoms with van der Waals surface area (Å²) >= 11 is 0. The van der Waals surface area contributed by atoms with Gasteiger partial charge in [-0.15, -0.1) is 0 Å². The van der Waals surface area contributed by atoms with Gasteiger partial charge in [0.25, 0.3) is 0 Å². The molecule has 1 unspecified atom stereocenters. The molecular formula is C17H17N3O2. The molecular weight excluding hydrogens is 278 g/mol. The summed E-state index contributed by atoms with van der Waals surface area (Å²) in [7, 11) is 1.68. The summed E-state index contributed by atoms with van der Waals surface area (Å²) in [5, 5.41) is 0. The number of nitrogens with zero attached hydrogens (tertiary/aromatic N) is 3. The summed E-state index contributed by atoms with van der Waals surface area (Å²) in [5.41, 5.74) is 2.85. The fourth-order valence-electron chi connectivity index (χ4n) is 2.97. The largest absolute Gasteiger partial charge is 0.497 e. The lowest BCUT2D eigenvalue weighted by Gasteiger charge is -2.14. The highest BCUT2D eigenvalue weighted by atomic mass is 16.5. The van der Waals surface area contributed by atoms with E-state index in [4.69, 9.17) is 14.5 Å². The van der Waals surface area contributed by atoms with Crippen molar-refractivity contribution in [2.75, 3.05) is 20.3 Å². The molecule has 0 bridgehead atoms. The molecule has 0 aliphatic carbocycles. The number of ether oxygens (including phenoxy) is 2. The van der Waals surface area contributed by atoms with Crippen LogP contribution in [0.1, 0.15) is 12.5 Å². The highest BCUT2D eigenvalue weighted by molar-refractivity contribution is 5.77. The van der Waals surface area contributed by atoms with Crippen LogP contribution in [0.5, 0.6) is 5.75 Å². The first kappa shape index (κ1) is 13.3. The highest BCUT2D eigenvalue weighted by Gasteiger charge is 2.24. The predicted molar refractivity (Wildman–Crippen MR) is 84.0 cm³/mol. The van der Waals surface area contributed by atoms with Crippen LogP contribution in [-0.2, 0) is 4.74 Å². The van der Waals surface area contributed by atoms with Crippen LogP contribution in [0, 0.1) is 0 Å². The molecule has 5 heteroatoms. The van der Waals surface area contributed by atoms with Gasteiger partial charge in [0.1, 0.15) is 17.1 Å². The predicted octanol–water partition coefficient (Wildman–Crippen LogP) is 3.07. The Balaban J connectivity index is 1.93. The minimum Gasteiger partial charge on any atom is -0.497 e. The molecule has 1 saturated heterocycles. The number of methoxy groups -OCH3 is 1. The van der Waals surface area contributed by atoms with Crippen LogP contribution in [0.15, 0.2) is 42.6 Å². The average Bonchev–Trinajstić information content (AvgIpc) is 3.21. The van der Waals surface area contributed by atoms with Gasteiger partial charge in [0.2, 0.25) is 0 Å². The Kier molecular flexibility index (Phi) is 3.27. The first-order valence-corrected chi connectivity index (χ1v) is 7.42. The summed E-state index contributed by atoms with van der Waals surface area (Å²) in [5.74, 6) is 1.75. The normalized spacial score (nSPS) is 18.0. The molecule has 0 N–H and O–H groups in total. The Bertz CT molecular complexity index is 807. The molecule has 3 heterocycles. The van der Waals surface area contributed by atoms with Crippen LogP contribution in [-0.4, -0.2) is 34.9 Å². The molecule has 1 fully saturated rings. The monoisotopic (exact) mass is 295 g/mol. The molecule has 3 aromatic rings. The molecule has 4 rings (SSSR count). The molecule has 0 radical (unpaired) electrons. The van der Waals surface area contributed by atoms with Crippen molar-refractivity contribution in [3.05, 3.63) is 42.6 Å². The number of fused-ring (bicyclic) bond motifs is 1. The minimum atomic E-state index is 0.279. The van der Waals surface area contributed by atoms with E-state index in [0.717, 1.165) is 41.3 Å². The first-order chi connectivity index (χ1) is 10.9. The first-order valence-electron chi connectivity index (χ1n) is 7.42. The second-order valence-corrected chi connectivity index (χ2v) is 5.40. The highest BCUT2D eigenvalue weighted by Crippen LogP contribution is 2.32. The third-order valence-corrected chi connectivity index (χ3v) is 4.05. The zero-order valence-corrected chi connectivity index (χ0v) is 12.4. The van der Waals surface area contributed by atoms with E-state index in [-0.39, 0.29) is 6.04 Å². The van der Waals surface area contributed by atoms with Gasteiger partial charge in [0.15, 0.2) is 5.65 Å². The van der Waals surface area contributed by atoms with Crippen molar-refractivity contribution in [2.45, 2.75) is 12.5 Å². The van der Waals surface area contributed by atoms with E-state index in [1.165, 1.54) is 0 Å². The maximum absolute atomic E-state index is 5.56. The van der Waals surface area contributed by atoms with Gasteiger partial charge < -0.3 is 14.0 Å². The van der Waals surface area contributed by atoms with Crippen molar-refractivity contribution in [3.63, 3.8) is 0 Å². The average molecular weight is 295 g/mol. The lowest BCUT2D eigenvalue weighted by Crippen LogP contribution is -2.10. The molecule has 1 aliphatic heterocycles. The standard InChI is InChI=1S/C17H17N3O2/c1-21-14-5-2-4-12(10-14)16-19-15-6-3-8-18-17(15)20(16)13-7-9-22-11-13/h2-6,8,10,13H,7,9,11H2,1H3. The molecule has 112 valence electrons. The van der Waals surface area contributed by atoms with Gasteiger partial charge in [-0.3, -0.25) is 0 Å². The fraction of sp³-hybridized carbons (Fsp3) is 0.294. The van der Waals surface area contributed by atoms with E-state index in [9.17, 15) is 0 Å². The van der Waals surface area contributed by atoms with Crippen molar-refractivity contribution >= 4 is 11.2 Å². The Morgan fingerprint density at radius 2 is 2.23 bits per heavy atom. The quantitative estimate of drug-likeness (QED) is 0.745. The molecule has 0 amide bonds. The number of aromatic nitrogens is 3. The van der Waals surface area contributed by atoms with Gasteiger partial charge in [-0.1, -0.05) is 12.1 Å². The Labute approximate surface area is 128 Å². The fourth-order valence-corrected chi connectivity index (χ4v) is 2.97. The van der Waals surface area contributed by atoms with Crippen LogP contribution >= 0.6 is 0 Å². The SMILES string of the molecule is COc1cccc(-c2nc3cccnc3n2C2CCOC2)c1. The van der Waals surface area contributed by atoms with Crippen LogP contribution < -0.4 is 4.74 Å². The molecule has 0 saturated carbocycles. The van der Waals surface area contributed by atoms with Gasteiger partial charge in [0.05, 0.1) is 19.8 Å². The molecule has 0 spiro atoms. The number of benzene rings is 1. The zero-order valence-electron chi connectivity index (χ0n) is 12.4. The van der Waals surface area contributed by atoms with Crippen molar-refractivity contribution in [2.24, 2.45) is 0 Å². The van der Waals surface area contributed by atoms with Crippen LogP contribution in [0.25, 0.3) is 22.6 Å². The lowest BCUT2D eigenvalue weighted by atomic mass is 10.2. The number of hydrogen-bond acceptors (Lipinski definition) is 4. The minimum absolute atomic E-state index is 0.279. The summed E-state index contributed by atoms with van der Waals surface area (Å²) in [4.78, 5) is 9.32. The Morgan fingerprint density at radius 1 is 1.27 bits per heavy atom. The molecule has 22 heavy (non-hydrogen) atoms. The van der Waals surface area contributed by atoms with Crippen molar-refractivity contribution in [1.29, 1.82) is 0 Å². The number of imidazole rings is 1. The van der Waals surface area contributed by atoms with Gasteiger partial charge in [-0.25, -0.2) is 9.97 Å². The molecule has 1 aliphatic rings. The van der Waals surface area contributed by atoms with E-state index < -0.39 is 0 Å². The number of pyridine rings is 1. The van der Waals surface area contributed by atoms with Gasteiger partial charge >= 0.3 is 0 Å². The van der Waals surface area contributed by atoms with Gasteiger partial charge in [-0.2, -0.15) is 0 Å². The smallest absolute Gasteiger partial charge is 0.160 e. The second-order valence-electron chi connectivity index (χ2n) is 5.40. The topological polar surface area (TPSA) is 49.2 Å². The van der Waals surface area contributed by atoms with E-state index in [1.54, 1.807) is 7.11 Å². The van der Waals surface area contributed by atoms with Crippen LogP contribution in [0.2, 0.25) is 0 Å². The molecule has 1 aromatic carbocycles. The van der Waals surface area contributed by atoms with Gasteiger partial charge in [-0.05, 0) is 30.7 Å². The molecule has 2 aromatic heterocycles. The summed E-state index contributed by atoms with van der Waals surface area (Å²) in [6.45, 7) is 1.49. The van der Waals surface area contributed by atoms with E-state index in [1.807, 2.05) is 36.5 Å². The second kappa shape index (κ2) is 5.42. The number of rotatable bonds is 3. The number of hydrogen-bond donors (Lipinski definition) is 0. The summed E-state index contributed by atoms with van der Waals surface area (Å²) in [6, 6.07) is 12.2. The van der Waals surface area contributed by atoms with Crippen molar-refractivity contribution in [3.8, 4) is 17.1 Å². The van der Waals surface area contributed by atoms with E-state index >= 15 is 0 Å². The molecule has 5 nitrogen and oxygen atoms in total. The zero-order chi connectivity index (χ0) is 14.9. The third kappa shape index (κ3) is 2.14. The van der Waals surface area contributed by atoms with Gasteiger partial charge in [0, 0.05) is 18.4 Å². The molecule has 1 atom stereocenters. The van der Waals surface area contributed by atoms with E-state index in [0.29, 0.717) is 6.61 Å². The Morgan fingerprint density at radius 3 is 3.05 bits per heavy atom.